The minimum atomic E-state index is -0.915. The van der Waals surface area contributed by atoms with Crippen LogP contribution < -0.4 is 5.56 Å². The highest BCUT2D eigenvalue weighted by molar-refractivity contribution is 5.89. The van der Waals surface area contributed by atoms with Gasteiger partial charge in [0, 0.05) is 0 Å². The molecule has 0 radical (unpaired) electrons. The van der Waals surface area contributed by atoms with E-state index in [0.29, 0.717) is 24.0 Å². The van der Waals surface area contributed by atoms with E-state index in [1.807, 2.05) is 13.8 Å². The van der Waals surface area contributed by atoms with Crippen LogP contribution in [0.15, 0.2) is 10.9 Å². The van der Waals surface area contributed by atoms with Crippen LogP contribution in [0.2, 0.25) is 0 Å². The molecule has 21 heavy (non-hydrogen) atoms. The molecule has 2 heterocycles. The van der Waals surface area contributed by atoms with Gasteiger partial charge in [-0.3, -0.25) is 9.59 Å². The van der Waals surface area contributed by atoms with Crippen LogP contribution in [0.3, 0.4) is 0 Å². The zero-order valence-electron chi connectivity index (χ0n) is 12.4. The molecule has 0 saturated carbocycles. The summed E-state index contributed by atoms with van der Waals surface area (Å²) in [5.74, 6) is -0.967. The first-order valence-electron chi connectivity index (χ1n) is 7.05. The summed E-state index contributed by atoms with van der Waals surface area (Å²) < 4.78 is 10.1. The Morgan fingerprint density at radius 3 is 2.76 bits per heavy atom. The third-order valence-corrected chi connectivity index (χ3v) is 3.89. The number of cyclic esters (lactones) is 1. The Hall–Kier alpha value is -2.11. The molecule has 0 saturated heterocycles. The van der Waals surface area contributed by atoms with E-state index < -0.39 is 16.9 Å². The third-order valence-electron chi connectivity index (χ3n) is 3.89. The van der Waals surface area contributed by atoms with E-state index >= 15 is 0 Å². The summed E-state index contributed by atoms with van der Waals surface area (Å²) in [6.45, 7) is 5.65. The van der Waals surface area contributed by atoms with Crippen molar-refractivity contribution in [3.63, 3.8) is 0 Å². The smallest absolute Gasteiger partial charge is 0.354 e. The lowest BCUT2D eigenvalue weighted by atomic mass is 9.76. The van der Waals surface area contributed by atoms with Gasteiger partial charge in [-0.2, -0.15) is 0 Å². The minimum Gasteiger partial charge on any atom is -0.461 e. The molecule has 1 aliphatic heterocycles. The second-order valence-corrected chi connectivity index (χ2v) is 5.30. The molecule has 0 spiro atoms. The maximum absolute atomic E-state index is 12.1. The SMILES string of the molecule is CCCOC(=O)c1cc2c(c(=O)[nH]1)COC(=O)C2(C)CC. The molecule has 1 aromatic heterocycles. The van der Waals surface area contributed by atoms with E-state index in [1.165, 1.54) is 0 Å². The monoisotopic (exact) mass is 293 g/mol. The summed E-state index contributed by atoms with van der Waals surface area (Å²) >= 11 is 0. The second-order valence-electron chi connectivity index (χ2n) is 5.30. The molecule has 1 aliphatic rings. The maximum atomic E-state index is 12.1. The van der Waals surface area contributed by atoms with Crippen LogP contribution in [0.1, 0.15) is 55.2 Å². The minimum absolute atomic E-state index is 0.0661. The Morgan fingerprint density at radius 2 is 2.14 bits per heavy atom. The first-order chi connectivity index (χ1) is 9.93. The van der Waals surface area contributed by atoms with E-state index in [9.17, 15) is 14.4 Å². The Balaban J connectivity index is 2.52. The number of nitrogens with one attached hydrogen (secondary N) is 1. The van der Waals surface area contributed by atoms with Gasteiger partial charge in [0.15, 0.2) is 0 Å². The van der Waals surface area contributed by atoms with E-state index in [-0.39, 0.29) is 24.9 Å². The number of H-pyrrole nitrogens is 1. The highest BCUT2D eigenvalue weighted by Crippen LogP contribution is 2.34. The number of esters is 2. The van der Waals surface area contributed by atoms with Crippen molar-refractivity contribution in [3.8, 4) is 0 Å². The Morgan fingerprint density at radius 1 is 1.43 bits per heavy atom. The Bertz CT molecular complexity index is 633. The van der Waals surface area contributed by atoms with Crippen molar-refractivity contribution < 1.29 is 19.1 Å². The molecule has 0 amide bonds. The number of aromatic nitrogens is 1. The maximum Gasteiger partial charge on any atom is 0.354 e. The highest BCUT2D eigenvalue weighted by Gasteiger charge is 2.42. The fraction of sp³-hybridized carbons (Fsp3) is 0.533. The van der Waals surface area contributed by atoms with Gasteiger partial charge in [0.2, 0.25) is 0 Å². The van der Waals surface area contributed by atoms with Gasteiger partial charge in [-0.25, -0.2) is 4.79 Å². The van der Waals surface area contributed by atoms with E-state index in [2.05, 4.69) is 4.98 Å². The standard InChI is InChI=1S/C15H19NO5/c1-4-6-20-13(18)11-7-10-9(12(17)16-11)8-21-14(19)15(10,3)5-2/h7H,4-6,8H2,1-3H3,(H,16,17). The van der Waals surface area contributed by atoms with E-state index in [1.54, 1.807) is 13.0 Å². The lowest BCUT2D eigenvalue weighted by Crippen LogP contribution is -2.41. The molecule has 1 atom stereocenters. The van der Waals surface area contributed by atoms with Gasteiger partial charge in [-0.15, -0.1) is 0 Å². The largest absolute Gasteiger partial charge is 0.461 e. The number of fused-ring (bicyclic) bond motifs is 1. The van der Waals surface area contributed by atoms with Gasteiger partial charge in [0.05, 0.1) is 17.6 Å². The quantitative estimate of drug-likeness (QED) is 0.853. The molecule has 0 aliphatic carbocycles. The number of ether oxygens (including phenoxy) is 2. The fourth-order valence-electron chi connectivity index (χ4n) is 2.35. The zero-order chi connectivity index (χ0) is 15.6. The number of pyridine rings is 1. The molecule has 114 valence electrons. The fourth-order valence-corrected chi connectivity index (χ4v) is 2.35. The summed E-state index contributed by atoms with van der Waals surface area (Å²) in [4.78, 5) is 38.6. The normalized spacial score (nSPS) is 20.6. The Kier molecular flexibility index (Phi) is 4.16. The van der Waals surface area contributed by atoms with Gasteiger partial charge in [-0.1, -0.05) is 13.8 Å². The van der Waals surface area contributed by atoms with Crippen LogP contribution in [-0.4, -0.2) is 23.5 Å². The van der Waals surface area contributed by atoms with E-state index in [4.69, 9.17) is 9.47 Å². The van der Waals surface area contributed by atoms with Crippen molar-refractivity contribution in [2.75, 3.05) is 6.61 Å². The molecule has 6 heteroatoms. The average molecular weight is 293 g/mol. The number of hydrogen-bond acceptors (Lipinski definition) is 5. The molecule has 1 aromatic rings. The molecule has 0 fully saturated rings. The van der Waals surface area contributed by atoms with E-state index in [0.717, 1.165) is 0 Å². The summed E-state index contributed by atoms with van der Waals surface area (Å²) in [6.07, 6.45) is 1.17. The average Bonchev–Trinajstić information content (AvgIpc) is 2.48. The molecule has 1 unspecified atom stereocenters. The lowest BCUT2D eigenvalue weighted by Gasteiger charge is -2.32. The first kappa shape index (κ1) is 15.3. The molecular formula is C15H19NO5. The van der Waals surface area contributed by atoms with Gasteiger partial charge in [0.1, 0.15) is 12.3 Å². The van der Waals surface area contributed by atoms with Crippen molar-refractivity contribution in [3.05, 3.63) is 33.2 Å². The van der Waals surface area contributed by atoms with Crippen LogP contribution in [0.5, 0.6) is 0 Å². The molecule has 1 N–H and O–H groups in total. The molecular weight excluding hydrogens is 274 g/mol. The third kappa shape index (κ3) is 2.57. The highest BCUT2D eigenvalue weighted by atomic mass is 16.5. The van der Waals surface area contributed by atoms with Crippen LogP contribution in [0.25, 0.3) is 0 Å². The number of rotatable bonds is 4. The van der Waals surface area contributed by atoms with Crippen molar-refractivity contribution in [2.45, 2.75) is 45.6 Å². The van der Waals surface area contributed by atoms with Crippen molar-refractivity contribution in [1.82, 2.24) is 4.98 Å². The molecule has 0 aromatic carbocycles. The van der Waals surface area contributed by atoms with Gasteiger partial charge < -0.3 is 14.5 Å². The molecule has 6 nitrogen and oxygen atoms in total. The number of carbonyl (C=O) groups excluding carboxylic acids is 2. The van der Waals surface area contributed by atoms with Crippen LogP contribution in [0.4, 0.5) is 0 Å². The number of hydrogen-bond donors (Lipinski definition) is 1. The number of aromatic amines is 1. The van der Waals surface area contributed by atoms with Gasteiger partial charge in [-0.05, 0) is 31.4 Å². The van der Waals surface area contributed by atoms with Crippen LogP contribution >= 0.6 is 0 Å². The summed E-state index contributed by atoms with van der Waals surface area (Å²) in [6, 6.07) is 1.54. The lowest BCUT2D eigenvalue weighted by molar-refractivity contribution is -0.153. The number of carbonyl (C=O) groups is 2. The van der Waals surface area contributed by atoms with Crippen LogP contribution in [-0.2, 0) is 26.3 Å². The summed E-state index contributed by atoms with van der Waals surface area (Å²) in [5, 5.41) is 0. The van der Waals surface area contributed by atoms with Gasteiger partial charge >= 0.3 is 11.9 Å². The van der Waals surface area contributed by atoms with Crippen molar-refractivity contribution >= 4 is 11.9 Å². The first-order valence-corrected chi connectivity index (χ1v) is 7.05. The zero-order valence-corrected chi connectivity index (χ0v) is 12.4. The van der Waals surface area contributed by atoms with Crippen molar-refractivity contribution in [1.29, 1.82) is 0 Å². The van der Waals surface area contributed by atoms with Gasteiger partial charge in [0.25, 0.3) is 5.56 Å². The predicted octanol–water partition coefficient (Wildman–Crippen LogP) is 1.67. The predicted molar refractivity (Wildman–Crippen MR) is 75.1 cm³/mol. The molecule has 0 bridgehead atoms. The Labute approximate surface area is 122 Å². The summed E-state index contributed by atoms with van der Waals surface area (Å²) in [7, 11) is 0. The summed E-state index contributed by atoms with van der Waals surface area (Å²) in [5.41, 5.74) is -0.314. The van der Waals surface area contributed by atoms with Crippen LogP contribution in [0, 0.1) is 0 Å². The molecule has 2 rings (SSSR count). The van der Waals surface area contributed by atoms with Crippen molar-refractivity contribution in [2.24, 2.45) is 0 Å². The topological polar surface area (TPSA) is 85.5 Å². The second kappa shape index (κ2) is 5.71.